The third kappa shape index (κ3) is 3.26. The largest absolute Gasteiger partial charge is 0.381 e. The van der Waals surface area contributed by atoms with E-state index in [0.29, 0.717) is 5.65 Å². The average Bonchev–Trinajstić information content (AvgIpc) is 3.18. The van der Waals surface area contributed by atoms with Crippen LogP contribution in [-0.2, 0) is 14.6 Å². The van der Waals surface area contributed by atoms with Crippen LogP contribution in [0.5, 0.6) is 0 Å². The molecule has 5 rings (SSSR count). The lowest BCUT2D eigenvalue weighted by molar-refractivity contribution is 0.0834. The van der Waals surface area contributed by atoms with Crippen molar-refractivity contribution in [2.75, 3.05) is 19.5 Å². The Kier molecular flexibility index (Phi) is 4.29. The zero-order valence-electron chi connectivity index (χ0n) is 15.8. The van der Waals surface area contributed by atoms with Crippen molar-refractivity contribution in [2.24, 2.45) is 0 Å². The molecule has 3 aromatic heterocycles. The van der Waals surface area contributed by atoms with Gasteiger partial charge in [0, 0.05) is 43.3 Å². The van der Waals surface area contributed by atoms with Crippen molar-refractivity contribution in [3.05, 3.63) is 48.7 Å². The SMILES string of the molecule is CS(=O)(=O)c1cncc(-c2ccc3ncc4nnc(C5CCOCC5)n4c3c2)c1. The Morgan fingerprint density at radius 2 is 1.86 bits per heavy atom. The first-order chi connectivity index (χ1) is 14.0. The number of benzene rings is 1. The Morgan fingerprint density at radius 1 is 1.03 bits per heavy atom. The van der Waals surface area contributed by atoms with Crippen LogP contribution >= 0.6 is 0 Å². The molecule has 0 amide bonds. The van der Waals surface area contributed by atoms with Crippen molar-refractivity contribution in [3.8, 4) is 11.1 Å². The number of sulfone groups is 1. The minimum atomic E-state index is -3.33. The van der Waals surface area contributed by atoms with E-state index in [-0.39, 0.29) is 10.8 Å². The number of pyridine rings is 1. The third-order valence-corrected chi connectivity index (χ3v) is 6.39. The predicted molar refractivity (Wildman–Crippen MR) is 107 cm³/mol. The van der Waals surface area contributed by atoms with Crippen molar-refractivity contribution in [1.82, 2.24) is 24.6 Å². The molecular formula is C20H19N5O3S. The molecule has 0 aliphatic carbocycles. The van der Waals surface area contributed by atoms with Gasteiger partial charge in [0.15, 0.2) is 15.5 Å². The van der Waals surface area contributed by atoms with Gasteiger partial charge in [-0.15, -0.1) is 10.2 Å². The molecule has 0 bridgehead atoms. The topological polar surface area (TPSA) is 99.3 Å². The van der Waals surface area contributed by atoms with Crippen LogP contribution in [0.25, 0.3) is 27.8 Å². The molecule has 0 spiro atoms. The number of aromatic nitrogens is 5. The van der Waals surface area contributed by atoms with Crippen LogP contribution in [0.4, 0.5) is 0 Å². The normalized spacial score (nSPS) is 15.9. The molecule has 1 aromatic carbocycles. The second kappa shape index (κ2) is 6.85. The minimum absolute atomic E-state index is 0.193. The summed E-state index contributed by atoms with van der Waals surface area (Å²) in [5.41, 5.74) is 3.99. The van der Waals surface area contributed by atoms with Gasteiger partial charge in [-0.05, 0) is 36.6 Å². The molecule has 0 radical (unpaired) electrons. The number of hydrogen-bond donors (Lipinski definition) is 0. The Hall–Kier alpha value is -2.91. The van der Waals surface area contributed by atoms with Crippen molar-refractivity contribution in [2.45, 2.75) is 23.7 Å². The van der Waals surface area contributed by atoms with Gasteiger partial charge in [-0.1, -0.05) is 6.07 Å². The molecule has 4 heterocycles. The third-order valence-electron chi connectivity index (χ3n) is 5.31. The molecule has 8 nitrogen and oxygen atoms in total. The fourth-order valence-corrected chi connectivity index (χ4v) is 4.35. The van der Waals surface area contributed by atoms with Crippen molar-refractivity contribution >= 4 is 26.5 Å². The van der Waals surface area contributed by atoms with E-state index in [9.17, 15) is 8.42 Å². The molecule has 1 aliphatic rings. The van der Waals surface area contributed by atoms with Crippen LogP contribution in [0, 0.1) is 0 Å². The van der Waals surface area contributed by atoms with Gasteiger partial charge in [-0.25, -0.2) is 8.42 Å². The summed E-state index contributed by atoms with van der Waals surface area (Å²) >= 11 is 0. The Morgan fingerprint density at radius 3 is 2.66 bits per heavy atom. The van der Waals surface area contributed by atoms with Gasteiger partial charge in [0.05, 0.1) is 22.1 Å². The van der Waals surface area contributed by atoms with Gasteiger partial charge in [-0.2, -0.15) is 0 Å². The molecular weight excluding hydrogens is 390 g/mol. The maximum Gasteiger partial charge on any atom is 0.179 e. The van der Waals surface area contributed by atoms with Gasteiger partial charge >= 0.3 is 0 Å². The number of rotatable bonds is 3. The fraction of sp³-hybridized carbons (Fsp3) is 0.300. The van der Waals surface area contributed by atoms with Crippen LogP contribution in [0.2, 0.25) is 0 Å². The lowest BCUT2D eigenvalue weighted by Gasteiger charge is -2.20. The van der Waals surface area contributed by atoms with Gasteiger partial charge in [0.1, 0.15) is 5.82 Å². The summed E-state index contributed by atoms with van der Waals surface area (Å²) in [5, 5.41) is 8.75. The molecule has 1 fully saturated rings. The second-order valence-corrected chi connectivity index (χ2v) is 9.30. The van der Waals surface area contributed by atoms with Crippen molar-refractivity contribution in [1.29, 1.82) is 0 Å². The predicted octanol–water partition coefficient (Wildman–Crippen LogP) is 2.64. The molecule has 1 saturated heterocycles. The molecule has 29 heavy (non-hydrogen) atoms. The van der Waals surface area contributed by atoms with E-state index in [4.69, 9.17) is 4.74 Å². The van der Waals surface area contributed by atoms with Gasteiger partial charge < -0.3 is 4.74 Å². The number of fused-ring (bicyclic) bond motifs is 3. The highest BCUT2D eigenvalue weighted by atomic mass is 32.2. The summed E-state index contributed by atoms with van der Waals surface area (Å²) in [6, 6.07) is 7.47. The molecule has 1 aliphatic heterocycles. The van der Waals surface area contributed by atoms with Gasteiger partial charge in [0.2, 0.25) is 0 Å². The maximum atomic E-state index is 11.9. The summed E-state index contributed by atoms with van der Waals surface area (Å²) < 4.78 is 31.4. The molecule has 0 atom stereocenters. The molecule has 9 heteroatoms. The van der Waals surface area contributed by atoms with E-state index < -0.39 is 9.84 Å². The Balaban J connectivity index is 1.70. The van der Waals surface area contributed by atoms with Crippen LogP contribution in [0.1, 0.15) is 24.6 Å². The summed E-state index contributed by atoms with van der Waals surface area (Å²) in [5.74, 6) is 1.19. The molecule has 0 unspecified atom stereocenters. The van der Waals surface area contributed by atoms with E-state index in [2.05, 4.69) is 24.6 Å². The van der Waals surface area contributed by atoms with E-state index in [1.807, 2.05) is 18.2 Å². The van der Waals surface area contributed by atoms with E-state index in [0.717, 1.165) is 54.0 Å². The minimum Gasteiger partial charge on any atom is -0.381 e. The van der Waals surface area contributed by atoms with Crippen LogP contribution < -0.4 is 0 Å². The summed E-state index contributed by atoms with van der Waals surface area (Å²) in [7, 11) is -3.33. The van der Waals surface area contributed by atoms with E-state index in [1.54, 1.807) is 18.5 Å². The zero-order valence-corrected chi connectivity index (χ0v) is 16.6. The highest BCUT2D eigenvalue weighted by Crippen LogP contribution is 2.30. The summed E-state index contributed by atoms with van der Waals surface area (Å²) in [6.45, 7) is 1.44. The monoisotopic (exact) mass is 409 g/mol. The molecule has 0 N–H and O–H groups in total. The lowest BCUT2D eigenvalue weighted by atomic mass is 9.99. The van der Waals surface area contributed by atoms with Crippen molar-refractivity contribution in [3.63, 3.8) is 0 Å². The quantitative estimate of drug-likeness (QED) is 0.513. The lowest BCUT2D eigenvalue weighted by Crippen LogP contribution is -2.16. The summed E-state index contributed by atoms with van der Waals surface area (Å²) in [6.07, 6.45) is 7.75. The Labute approximate surface area is 167 Å². The summed E-state index contributed by atoms with van der Waals surface area (Å²) in [4.78, 5) is 8.80. The molecule has 0 saturated carbocycles. The van der Waals surface area contributed by atoms with E-state index >= 15 is 0 Å². The first-order valence-electron chi connectivity index (χ1n) is 9.38. The van der Waals surface area contributed by atoms with E-state index in [1.165, 1.54) is 12.5 Å². The fourth-order valence-electron chi connectivity index (χ4n) is 3.76. The maximum absolute atomic E-state index is 11.9. The first kappa shape index (κ1) is 18.1. The second-order valence-electron chi connectivity index (χ2n) is 7.28. The average molecular weight is 409 g/mol. The number of nitrogens with zero attached hydrogens (tertiary/aromatic N) is 5. The number of ether oxygens (including phenoxy) is 1. The molecule has 4 aromatic rings. The highest BCUT2D eigenvalue weighted by molar-refractivity contribution is 7.90. The molecule has 148 valence electrons. The highest BCUT2D eigenvalue weighted by Gasteiger charge is 2.22. The zero-order chi connectivity index (χ0) is 20.0. The first-order valence-corrected chi connectivity index (χ1v) is 11.3. The van der Waals surface area contributed by atoms with Crippen LogP contribution in [0.3, 0.4) is 0 Å². The van der Waals surface area contributed by atoms with Crippen LogP contribution in [0.15, 0.2) is 47.8 Å². The standard InChI is InChI=1S/C20H19N5O3S/c1-29(26,27)16-8-15(10-21-11-16)14-2-3-17-18(9-14)25-19(12-22-17)23-24-20(25)13-4-6-28-7-5-13/h2-3,8-13H,4-7H2,1H3. The Bertz CT molecular complexity index is 1330. The van der Waals surface area contributed by atoms with Gasteiger partial charge in [0.25, 0.3) is 0 Å². The van der Waals surface area contributed by atoms with Crippen LogP contribution in [-0.4, -0.2) is 52.5 Å². The van der Waals surface area contributed by atoms with Crippen molar-refractivity contribution < 1.29 is 13.2 Å². The number of hydrogen-bond acceptors (Lipinski definition) is 7. The van der Waals surface area contributed by atoms with Gasteiger partial charge in [-0.3, -0.25) is 14.4 Å². The smallest absolute Gasteiger partial charge is 0.179 e.